The number of aryl methyl sites for hydroxylation is 3. The van der Waals surface area contributed by atoms with Crippen molar-refractivity contribution in [3.63, 3.8) is 0 Å². The molecule has 0 radical (unpaired) electrons. The van der Waals surface area contributed by atoms with Gasteiger partial charge in [0.15, 0.2) is 0 Å². The average molecular weight is 306 g/mol. The summed E-state index contributed by atoms with van der Waals surface area (Å²) < 4.78 is 7.21. The van der Waals surface area contributed by atoms with Crippen molar-refractivity contribution >= 4 is 0 Å². The van der Waals surface area contributed by atoms with Gasteiger partial charge < -0.3 is 4.52 Å². The van der Waals surface area contributed by atoms with E-state index in [2.05, 4.69) is 23.2 Å². The van der Waals surface area contributed by atoms with Gasteiger partial charge in [-0.15, -0.1) is 0 Å². The van der Waals surface area contributed by atoms with Crippen molar-refractivity contribution < 1.29 is 4.52 Å². The van der Waals surface area contributed by atoms with Gasteiger partial charge in [-0.25, -0.2) is 0 Å². The van der Waals surface area contributed by atoms with E-state index >= 15 is 0 Å². The van der Waals surface area contributed by atoms with Crippen molar-refractivity contribution in [3.05, 3.63) is 58.2 Å². The zero-order chi connectivity index (χ0) is 16.6. The minimum Gasteiger partial charge on any atom is -0.361 e. The van der Waals surface area contributed by atoms with E-state index in [4.69, 9.17) is 9.78 Å². The van der Waals surface area contributed by atoms with E-state index in [1.807, 2.05) is 49.7 Å². The van der Waals surface area contributed by atoms with E-state index in [0.29, 0.717) is 12.1 Å². The molecule has 0 aliphatic rings. The Bertz CT molecular complexity index is 875. The van der Waals surface area contributed by atoms with Gasteiger partial charge in [0.2, 0.25) is 0 Å². The number of aromatic nitrogens is 3. The van der Waals surface area contributed by atoms with Crippen LogP contribution in [-0.4, -0.2) is 14.9 Å². The maximum atomic E-state index is 8.93. The zero-order valence-corrected chi connectivity index (χ0v) is 13.7. The van der Waals surface area contributed by atoms with Gasteiger partial charge in [-0.2, -0.15) is 10.4 Å². The zero-order valence-electron chi connectivity index (χ0n) is 13.7. The molecular weight excluding hydrogens is 288 g/mol. The summed E-state index contributed by atoms with van der Waals surface area (Å²) in [6.07, 6.45) is 0. The number of benzene rings is 1. The summed E-state index contributed by atoms with van der Waals surface area (Å²) in [5, 5.41) is 17.6. The summed E-state index contributed by atoms with van der Waals surface area (Å²) in [7, 11) is 0. The monoisotopic (exact) mass is 306 g/mol. The molecule has 3 rings (SSSR count). The predicted molar refractivity (Wildman–Crippen MR) is 86.9 cm³/mol. The minimum atomic E-state index is 0.643. The first-order chi connectivity index (χ1) is 11.0. The molecule has 0 saturated heterocycles. The van der Waals surface area contributed by atoms with Gasteiger partial charge in [-0.05, 0) is 45.4 Å². The SMILES string of the molecule is Cc1noc(C)c1Cn1nc(C)c(-c2ccc(C#N)cc2)c1C. The summed E-state index contributed by atoms with van der Waals surface area (Å²) in [6.45, 7) is 8.57. The van der Waals surface area contributed by atoms with E-state index in [-0.39, 0.29) is 0 Å². The van der Waals surface area contributed by atoms with Crippen LogP contribution in [0.1, 0.15) is 34.0 Å². The Balaban J connectivity index is 2.01. The first-order valence-corrected chi connectivity index (χ1v) is 7.47. The largest absolute Gasteiger partial charge is 0.361 e. The molecule has 2 heterocycles. The molecule has 0 N–H and O–H groups in total. The standard InChI is InChI=1S/C18H18N4O/c1-11-17(14(4)23-21-11)10-22-13(3)18(12(2)20-22)16-7-5-15(9-19)6-8-16/h5-8H,10H2,1-4H3. The van der Waals surface area contributed by atoms with E-state index in [9.17, 15) is 0 Å². The third-order valence-electron chi connectivity index (χ3n) is 4.17. The Morgan fingerprint density at radius 3 is 2.35 bits per heavy atom. The second-order valence-corrected chi connectivity index (χ2v) is 5.70. The molecule has 5 nitrogen and oxygen atoms in total. The lowest BCUT2D eigenvalue weighted by atomic mass is 10.0. The molecule has 0 bridgehead atoms. The molecule has 23 heavy (non-hydrogen) atoms. The van der Waals surface area contributed by atoms with Crippen LogP contribution >= 0.6 is 0 Å². The lowest BCUT2D eigenvalue weighted by Gasteiger charge is -2.06. The number of nitriles is 1. The fraction of sp³-hybridized carbons (Fsp3) is 0.278. The highest BCUT2D eigenvalue weighted by molar-refractivity contribution is 5.69. The van der Waals surface area contributed by atoms with Gasteiger partial charge in [0.25, 0.3) is 0 Å². The molecule has 0 atom stereocenters. The van der Waals surface area contributed by atoms with Crippen LogP contribution in [0.25, 0.3) is 11.1 Å². The maximum Gasteiger partial charge on any atom is 0.138 e. The summed E-state index contributed by atoms with van der Waals surface area (Å²) in [5.41, 5.74) is 6.88. The summed E-state index contributed by atoms with van der Waals surface area (Å²) in [4.78, 5) is 0. The molecule has 116 valence electrons. The molecule has 0 aliphatic heterocycles. The molecule has 0 spiro atoms. The fourth-order valence-corrected chi connectivity index (χ4v) is 2.86. The third-order valence-corrected chi connectivity index (χ3v) is 4.17. The van der Waals surface area contributed by atoms with Gasteiger partial charge in [0.05, 0.1) is 29.6 Å². The molecule has 0 aliphatic carbocycles. The summed E-state index contributed by atoms with van der Waals surface area (Å²) in [5.74, 6) is 0.829. The van der Waals surface area contributed by atoms with Gasteiger partial charge in [0.1, 0.15) is 5.76 Å². The summed E-state index contributed by atoms with van der Waals surface area (Å²) in [6, 6.07) is 9.75. The fourth-order valence-electron chi connectivity index (χ4n) is 2.86. The number of nitrogens with zero attached hydrogens (tertiary/aromatic N) is 4. The Morgan fingerprint density at radius 2 is 1.78 bits per heavy atom. The van der Waals surface area contributed by atoms with Gasteiger partial charge in [-0.1, -0.05) is 17.3 Å². The van der Waals surface area contributed by atoms with E-state index < -0.39 is 0 Å². The molecule has 1 aromatic carbocycles. The van der Waals surface area contributed by atoms with E-state index in [1.54, 1.807) is 0 Å². The number of rotatable bonds is 3. The molecule has 0 amide bonds. The second-order valence-electron chi connectivity index (χ2n) is 5.70. The Hall–Kier alpha value is -2.87. The minimum absolute atomic E-state index is 0.643. The summed E-state index contributed by atoms with van der Waals surface area (Å²) >= 11 is 0. The van der Waals surface area contributed by atoms with Crippen LogP contribution in [0.2, 0.25) is 0 Å². The quantitative estimate of drug-likeness (QED) is 0.740. The van der Waals surface area contributed by atoms with Crippen LogP contribution in [0.3, 0.4) is 0 Å². The van der Waals surface area contributed by atoms with Crippen molar-refractivity contribution in [1.29, 1.82) is 5.26 Å². The number of hydrogen-bond donors (Lipinski definition) is 0. The van der Waals surface area contributed by atoms with Crippen LogP contribution in [0, 0.1) is 39.0 Å². The molecule has 0 fully saturated rings. The van der Waals surface area contributed by atoms with Crippen LogP contribution in [0.5, 0.6) is 0 Å². The second kappa shape index (κ2) is 5.73. The number of hydrogen-bond acceptors (Lipinski definition) is 4. The molecule has 0 unspecified atom stereocenters. The maximum absolute atomic E-state index is 8.93. The Kier molecular flexibility index (Phi) is 3.75. The Labute approximate surface area is 135 Å². The highest BCUT2D eigenvalue weighted by Gasteiger charge is 2.16. The van der Waals surface area contributed by atoms with Gasteiger partial charge in [-0.3, -0.25) is 4.68 Å². The first kappa shape index (κ1) is 15.0. The normalized spacial score (nSPS) is 10.7. The van der Waals surface area contributed by atoms with Crippen molar-refractivity contribution in [2.75, 3.05) is 0 Å². The van der Waals surface area contributed by atoms with Crippen LogP contribution < -0.4 is 0 Å². The average Bonchev–Trinajstić information content (AvgIpc) is 3.01. The van der Waals surface area contributed by atoms with E-state index in [1.165, 1.54) is 0 Å². The van der Waals surface area contributed by atoms with E-state index in [0.717, 1.165) is 39.5 Å². The first-order valence-electron chi connectivity index (χ1n) is 7.47. The smallest absolute Gasteiger partial charge is 0.138 e. The van der Waals surface area contributed by atoms with Crippen LogP contribution in [0.4, 0.5) is 0 Å². The third kappa shape index (κ3) is 2.64. The van der Waals surface area contributed by atoms with Crippen molar-refractivity contribution in [1.82, 2.24) is 14.9 Å². The molecule has 0 saturated carbocycles. The topological polar surface area (TPSA) is 67.6 Å². The lowest BCUT2D eigenvalue weighted by Crippen LogP contribution is -2.05. The molecule has 5 heteroatoms. The molecule has 3 aromatic rings. The van der Waals surface area contributed by atoms with Crippen LogP contribution in [0.15, 0.2) is 28.8 Å². The highest BCUT2D eigenvalue weighted by Crippen LogP contribution is 2.28. The van der Waals surface area contributed by atoms with Crippen molar-refractivity contribution in [2.24, 2.45) is 0 Å². The predicted octanol–water partition coefficient (Wildman–Crippen LogP) is 3.69. The Morgan fingerprint density at radius 1 is 1.09 bits per heavy atom. The van der Waals surface area contributed by atoms with Crippen molar-refractivity contribution in [2.45, 2.75) is 34.2 Å². The molecular formula is C18H18N4O. The highest BCUT2D eigenvalue weighted by atomic mass is 16.5. The van der Waals surface area contributed by atoms with Crippen molar-refractivity contribution in [3.8, 4) is 17.2 Å². The lowest BCUT2D eigenvalue weighted by molar-refractivity contribution is 0.391. The van der Waals surface area contributed by atoms with Gasteiger partial charge >= 0.3 is 0 Å². The van der Waals surface area contributed by atoms with Crippen LogP contribution in [-0.2, 0) is 6.54 Å². The molecule has 2 aromatic heterocycles. The van der Waals surface area contributed by atoms with Gasteiger partial charge in [0, 0.05) is 16.8 Å².